The van der Waals surface area contributed by atoms with Gasteiger partial charge in [0.1, 0.15) is 0 Å². The van der Waals surface area contributed by atoms with Gasteiger partial charge >= 0.3 is 11.6 Å². The van der Waals surface area contributed by atoms with Gasteiger partial charge in [-0.3, -0.25) is 4.57 Å². The average molecular weight is 345 g/mol. The van der Waals surface area contributed by atoms with Gasteiger partial charge in [-0.2, -0.15) is 13.8 Å². The Labute approximate surface area is 135 Å². The molecule has 1 aromatic heterocycles. The fraction of sp³-hybridized carbons (Fsp3) is 0.692. The van der Waals surface area contributed by atoms with Gasteiger partial charge in [0, 0.05) is 16.8 Å². The largest absolute Gasteiger partial charge is 0.383 e. The van der Waals surface area contributed by atoms with E-state index >= 15 is 0 Å². The summed E-state index contributed by atoms with van der Waals surface area (Å²) in [4.78, 5) is 17.9. The number of alkyl halides is 2. The van der Waals surface area contributed by atoms with Crippen molar-refractivity contribution < 1.29 is 23.4 Å². The number of hydrogen-bond donors (Lipinski definition) is 1. The number of azide groups is 1. The minimum Gasteiger partial charge on any atom is -0.383 e. The van der Waals surface area contributed by atoms with Crippen molar-refractivity contribution in [1.29, 1.82) is 0 Å². The lowest BCUT2D eigenvalue weighted by Gasteiger charge is -2.27. The number of aryl methyl sites for hydroxylation is 1. The molecule has 24 heavy (non-hydrogen) atoms. The van der Waals surface area contributed by atoms with E-state index in [2.05, 4.69) is 15.0 Å². The molecule has 0 saturated carbocycles. The molecule has 0 amide bonds. The van der Waals surface area contributed by atoms with Gasteiger partial charge in [0.2, 0.25) is 12.0 Å². The van der Waals surface area contributed by atoms with Crippen LogP contribution in [0.3, 0.4) is 0 Å². The summed E-state index contributed by atoms with van der Waals surface area (Å²) in [5, 5.41) is 13.2. The highest BCUT2D eigenvalue weighted by Gasteiger charge is 2.67. The summed E-state index contributed by atoms with van der Waals surface area (Å²) >= 11 is 0. The van der Waals surface area contributed by atoms with Crippen molar-refractivity contribution in [2.45, 2.75) is 50.9 Å². The van der Waals surface area contributed by atoms with Gasteiger partial charge in [-0.25, -0.2) is 4.79 Å². The lowest BCUT2D eigenvalue weighted by molar-refractivity contribution is -0.151. The van der Waals surface area contributed by atoms with Gasteiger partial charge in [-0.05, 0) is 32.4 Å². The van der Waals surface area contributed by atoms with Crippen molar-refractivity contribution in [2.24, 2.45) is 5.11 Å². The van der Waals surface area contributed by atoms with Gasteiger partial charge < -0.3 is 14.6 Å². The van der Waals surface area contributed by atoms with Crippen molar-refractivity contribution in [3.05, 3.63) is 38.9 Å². The number of nitrogens with zero attached hydrogens (tertiary/aromatic N) is 5. The maximum atomic E-state index is 14.5. The third-order valence-corrected chi connectivity index (χ3v) is 3.50. The van der Waals surface area contributed by atoms with Crippen molar-refractivity contribution in [3.63, 3.8) is 0 Å². The molecule has 1 aromatic rings. The molecule has 1 saturated heterocycles. The Kier molecular flexibility index (Phi) is 4.90. The van der Waals surface area contributed by atoms with E-state index < -0.39 is 36.3 Å². The Balaban J connectivity index is 2.48. The summed E-state index contributed by atoms with van der Waals surface area (Å²) in [6.07, 6.45) is -4.00. The standard InChI is InChI=1S/C13H17F2N5O4/c1-7(2)23-6-12(18-19-16)9(21)13(14,15)10(24-12)20-5-4-8(3)17-11(20)22/h4-5,7,9-10,21H,6H2,1-3H3/t9-,10-,12-/m1/s1. The van der Waals surface area contributed by atoms with Crippen molar-refractivity contribution in [2.75, 3.05) is 6.61 Å². The summed E-state index contributed by atoms with van der Waals surface area (Å²) < 4.78 is 39.9. The molecule has 9 nitrogen and oxygen atoms in total. The SMILES string of the molecule is Cc1ccn([C@@H]2O[C@@](COC(C)C)(N=[N+]=[N-])[C@@H](O)C2(F)F)c(=O)n1. The van der Waals surface area contributed by atoms with E-state index in [1.807, 2.05) is 0 Å². The van der Waals surface area contributed by atoms with Crippen molar-refractivity contribution >= 4 is 0 Å². The molecule has 132 valence electrons. The molecular weight excluding hydrogens is 328 g/mol. The van der Waals surface area contributed by atoms with E-state index in [1.54, 1.807) is 13.8 Å². The topological polar surface area (TPSA) is 122 Å². The normalized spacial score (nSPS) is 28.8. The molecule has 1 aliphatic rings. The number of aromatic nitrogens is 2. The number of aliphatic hydroxyl groups excluding tert-OH is 1. The first-order chi connectivity index (χ1) is 11.1. The van der Waals surface area contributed by atoms with Crippen LogP contribution in [0.2, 0.25) is 0 Å². The molecule has 1 N–H and O–H groups in total. The molecule has 1 fully saturated rings. The first-order valence-corrected chi connectivity index (χ1v) is 7.11. The van der Waals surface area contributed by atoms with Crippen LogP contribution in [0.1, 0.15) is 25.8 Å². The monoisotopic (exact) mass is 345 g/mol. The Morgan fingerprint density at radius 3 is 2.83 bits per heavy atom. The first-order valence-electron chi connectivity index (χ1n) is 7.11. The molecule has 0 aliphatic carbocycles. The molecular formula is C13H17F2N5O4. The van der Waals surface area contributed by atoms with Gasteiger partial charge in [-0.15, -0.1) is 0 Å². The van der Waals surface area contributed by atoms with E-state index in [-0.39, 0.29) is 6.10 Å². The summed E-state index contributed by atoms with van der Waals surface area (Å²) in [5.74, 6) is -3.91. The highest BCUT2D eigenvalue weighted by atomic mass is 19.3. The van der Waals surface area contributed by atoms with E-state index in [1.165, 1.54) is 13.0 Å². The molecule has 0 aromatic carbocycles. The third-order valence-electron chi connectivity index (χ3n) is 3.50. The lowest BCUT2D eigenvalue weighted by Crippen LogP contribution is -2.48. The van der Waals surface area contributed by atoms with Gasteiger partial charge in [0.05, 0.1) is 12.7 Å². The van der Waals surface area contributed by atoms with Gasteiger partial charge in [0.15, 0.2) is 6.10 Å². The quantitative estimate of drug-likeness (QED) is 0.492. The average Bonchev–Trinajstić information content (AvgIpc) is 2.68. The van der Waals surface area contributed by atoms with Gasteiger partial charge in [0.25, 0.3) is 0 Å². The fourth-order valence-electron chi connectivity index (χ4n) is 2.27. The van der Waals surface area contributed by atoms with E-state index in [0.717, 1.165) is 6.20 Å². The van der Waals surface area contributed by atoms with E-state index in [0.29, 0.717) is 10.3 Å². The zero-order valence-corrected chi connectivity index (χ0v) is 13.3. The maximum Gasteiger partial charge on any atom is 0.350 e. The second-order valence-corrected chi connectivity index (χ2v) is 5.70. The zero-order valence-electron chi connectivity index (χ0n) is 13.3. The number of hydrogen-bond acceptors (Lipinski definition) is 6. The van der Waals surface area contributed by atoms with Crippen LogP contribution in [-0.4, -0.2) is 45.1 Å². The number of aliphatic hydroxyl groups is 1. The van der Waals surface area contributed by atoms with E-state index in [4.69, 9.17) is 15.0 Å². The van der Waals surface area contributed by atoms with Crippen LogP contribution in [0.5, 0.6) is 0 Å². The molecule has 2 heterocycles. The summed E-state index contributed by atoms with van der Waals surface area (Å²) in [5.41, 5.74) is 5.67. The minimum atomic E-state index is -3.91. The Hall–Kier alpha value is -2.07. The Morgan fingerprint density at radius 2 is 2.29 bits per heavy atom. The van der Waals surface area contributed by atoms with Crippen LogP contribution in [0, 0.1) is 6.92 Å². The number of halogens is 2. The molecule has 0 spiro atoms. The molecule has 3 atom stereocenters. The van der Waals surface area contributed by atoms with E-state index in [9.17, 15) is 18.7 Å². The number of rotatable bonds is 5. The maximum absolute atomic E-state index is 14.5. The van der Waals surface area contributed by atoms with Crippen molar-refractivity contribution in [1.82, 2.24) is 9.55 Å². The van der Waals surface area contributed by atoms with Crippen LogP contribution in [0.4, 0.5) is 8.78 Å². The third kappa shape index (κ3) is 3.11. The van der Waals surface area contributed by atoms with Crippen LogP contribution in [0.15, 0.2) is 22.2 Å². The summed E-state index contributed by atoms with van der Waals surface area (Å²) in [7, 11) is 0. The second kappa shape index (κ2) is 6.44. The lowest BCUT2D eigenvalue weighted by atomic mass is 10.0. The van der Waals surface area contributed by atoms with Crippen LogP contribution in [-0.2, 0) is 9.47 Å². The predicted molar refractivity (Wildman–Crippen MR) is 77.3 cm³/mol. The van der Waals surface area contributed by atoms with Crippen LogP contribution in [0.25, 0.3) is 10.4 Å². The Morgan fingerprint density at radius 1 is 1.62 bits per heavy atom. The molecule has 0 radical (unpaired) electrons. The molecule has 0 unspecified atom stereocenters. The highest BCUT2D eigenvalue weighted by Crippen LogP contribution is 2.48. The smallest absolute Gasteiger partial charge is 0.350 e. The molecule has 11 heteroatoms. The summed E-state index contributed by atoms with van der Waals surface area (Å²) in [6.45, 7) is 4.19. The number of ether oxygens (including phenoxy) is 2. The second-order valence-electron chi connectivity index (χ2n) is 5.70. The van der Waals surface area contributed by atoms with Gasteiger partial charge in [-0.1, -0.05) is 5.11 Å². The molecule has 1 aliphatic heterocycles. The van der Waals surface area contributed by atoms with Crippen LogP contribution < -0.4 is 5.69 Å². The fourth-order valence-corrected chi connectivity index (χ4v) is 2.27. The van der Waals surface area contributed by atoms with Crippen molar-refractivity contribution in [3.8, 4) is 0 Å². The molecule has 2 rings (SSSR count). The highest BCUT2D eigenvalue weighted by molar-refractivity contribution is 5.06. The summed E-state index contributed by atoms with van der Waals surface area (Å²) in [6, 6.07) is 1.34. The minimum absolute atomic E-state index is 0.336. The predicted octanol–water partition coefficient (Wildman–Crippen LogP) is 1.51. The zero-order chi connectivity index (χ0) is 18.1. The molecule has 0 bridgehead atoms. The first kappa shape index (κ1) is 18.3. The Bertz CT molecular complexity index is 719. The van der Waals surface area contributed by atoms with Crippen LogP contribution >= 0.6 is 0 Å².